The molecule has 0 aliphatic heterocycles. The van der Waals surface area contributed by atoms with E-state index < -0.39 is 11.7 Å². The number of amides is 1. The number of nitrogens with one attached hydrogen (secondary N) is 1. The molecule has 0 atom stereocenters. The zero-order valence-corrected chi connectivity index (χ0v) is 10.5. The maximum atomic E-state index is 13.5. The summed E-state index contributed by atoms with van der Waals surface area (Å²) in [6, 6.07) is 16.0. The minimum atomic E-state index is -0.634. The van der Waals surface area contributed by atoms with E-state index in [1.54, 1.807) is 6.07 Å². The SMILES string of the molecule is O=C(Nc1ccc2ccccc2c1)c1ncccc1F. The molecule has 0 unspecified atom stereocenters. The van der Waals surface area contributed by atoms with E-state index in [2.05, 4.69) is 10.3 Å². The summed E-state index contributed by atoms with van der Waals surface area (Å²) in [6.07, 6.45) is 1.39. The van der Waals surface area contributed by atoms with E-state index in [9.17, 15) is 9.18 Å². The third kappa shape index (κ3) is 2.36. The number of hydrogen-bond donors (Lipinski definition) is 1. The molecule has 0 spiro atoms. The van der Waals surface area contributed by atoms with Crippen molar-refractivity contribution >= 4 is 22.4 Å². The molecule has 3 rings (SSSR count). The number of pyridine rings is 1. The van der Waals surface area contributed by atoms with Gasteiger partial charge in [-0.25, -0.2) is 9.37 Å². The van der Waals surface area contributed by atoms with Gasteiger partial charge in [0.25, 0.3) is 5.91 Å². The Kier molecular flexibility index (Phi) is 3.13. The summed E-state index contributed by atoms with van der Waals surface area (Å²) < 4.78 is 13.5. The zero-order valence-electron chi connectivity index (χ0n) is 10.5. The first-order chi connectivity index (χ1) is 9.74. The molecular weight excluding hydrogens is 255 g/mol. The number of benzene rings is 2. The van der Waals surface area contributed by atoms with Gasteiger partial charge in [-0.15, -0.1) is 0 Å². The molecule has 1 N–H and O–H groups in total. The Morgan fingerprint density at radius 3 is 2.60 bits per heavy atom. The van der Waals surface area contributed by atoms with Gasteiger partial charge in [-0.2, -0.15) is 0 Å². The Bertz CT molecular complexity index is 786. The van der Waals surface area contributed by atoms with Crippen LogP contribution in [-0.2, 0) is 0 Å². The van der Waals surface area contributed by atoms with Crippen molar-refractivity contribution in [2.24, 2.45) is 0 Å². The van der Waals surface area contributed by atoms with Gasteiger partial charge < -0.3 is 5.32 Å². The largest absolute Gasteiger partial charge is 0.321 e. The minimum Gasteiger partial charge on any atom is -0.321 e. The van der Waals surface area contributed by atoms with E-state index in [0.29, 0.717) is 5.69 Å². The van der Waals surface area contributed by atoms with Gasteiger partial charge in [0.1, 0.15) is 0 Å². The van der Waals surface area contributed by atoms with Crippen molar-refractivity contribution in [3.8, 4) is 0 Å². The predicted octanol–water partition coefficient (Wildman–Crippen LogP) is 3.63. The van der Waals surface area contributed by atoms with Crippen LogP contribution in [0.2, 0.25) is 0 Å². The van der Waals surface area contributed by atoms with Crippen LogP contribution in [0.25, 0.3) is 10.8 Å². The number of nitrogens with zero attached hydrogens (tertiary/aromatic N) is 1. The lowest BCUT2D eigenvalue weighted by Gasteiger charge is -2.06. The monoisotopic (exact) mass is 266 g/mol. The molecule has 0 saturated heterocycles. The summed E-state index contributed by atoms with van der Waals surface area (Å²) in [7, 11) is 0. The number of anilines is 1. The molecule has 0 aliphatic carbocycles. The first-order valence-electron chi connectivity index (χ1n) is 6.15. The topological polar surface area (TPSA) is 42.0 Å². The van der Waals surface area contributed by atoms with Crippen LogP contribution in [0.15, 0.2) is 60.8 Å². The van der Waals surface area contributed by atoms with Gasteiger partial charge in [0, 0.05) is 11.9 Å². The van der Waals surface area contributed by atoms with Gasteiger partial charge in [0.05, 0.1) is 0 Å². The molecule has 0 aliphatic rings. The van der Waals surface area contributed by atoms with Crippen LogP contribution in [0, 0.1) is 5.82 Å². The van der Waals surface area contributed by atoms with Gasteiger partial charge in [-0.05, 0) is 35.0 Å². The Hall–Kier alpha value is -2.75. The van der Waals surface area contributed by atoms with Gasteiger partial charge in [-0.3, -0.25) is 4.79 Å². The predicted molar refractivity (Wildman–Crippen MR) is 76.1 cm³/mol. The Morgan fingerprint density at radius 1 is 1.00 bits per heavy atom. The number of carbonyl (C=O) groups is 1. The molecule has 98 valence electrons. The van der Waals surface area contributed by atoms with Crippen LogP contribution in [0.1, 0.15) is 10.5 Å². The van der Waals surface area contributed by atoms with E-state index in [1.165, 1.54) is 18.3 Å². The highest BCUT2D eigenvalue weighted by molar-refractivity contribution is 6.04. The number of halogens is 1. The van der Waals surface area contributed by atoms with Crippen molar-refractivity contribution in [1.82, 2.24) is 4.98 Å². The summed E-state index contributed by atoms with van der Waals surface area (Å²) in [5.41, 5.74) is 0.402. The van der Waals surface area contributed by atoms with E-state index in [-0.39, 0.29) is 5.69 Å². The van der Waals surface area contributed by atoms with Gasteiger partial charge in [-0.1, -0.05) is 30.3 Å². The molecule has 0 saturated carbocycles. The van der Waals surface area contributed by atoms with Gasteiger partial charge >= 0.3 is 0 Å². The summed E-state index contributed by atoms with van der Waals surface area (Å²) in [6.45, 7) is 0. The lowest BCUT2D eigenvalue weighted by Crippen LogP contribution is -2.15. The standard InChI is InChI=1S/C16H11FN2O/c17-14-6-3-9-18-15(14)16(20)19-13-8-7-11-4-1-2-5-12(11)10-13/h1-10H,(H,19,20). The molecule has 1 amide bonds. The fourth-order valence-electron chi connectivity index (χ4n) is 2.01. The summed E-state index contributed by atoms with van der Waals surface area (Å²) in [4.78, 5) is 15.7. The lowest BCUT2D eigenvalue weighted by molar-refractivity contribution is 0.101. The highest BCUT2D eigenvalue weighted by Crippen LogP contribution is 2.19. The molecule has 20 heavy (non-hydrogen) atoms. The van der Waals surface area contributed by atoms with Crippen LogP contribution in [0.4, 0.5) is 10.1 Å². The Morgan fingerprint density at radius 2 is 1.80 bits per heavy atom. The molecule has 1 aromatic heterocycles. The molecule has 0 bridgehead atoms. The lowest BCUT2D eigenvalue weighted by atomic mass is 10.1. The summed E-state index contributed by atoms with van der Waals surface area (Å²) in [5.74, 6) is -1.19. The van der Waals surface area contributed by atoms with E-state index in [4.69, 9.17) is 0 Å². The van der Waals surface area contributed by atoms with Gasteiger partial charge in [0.2, 0.25) is 0 Å². The van der Waals surface area contributed by atoms with Crippen LogP contribution in [-0.4, -0.2) is 10.9 Å². The number of rotatable bonds is 2. The average Bonchev–Trinajstić information content (AvgIpc) is 2.47. The number of aromatic nitrogens is 1. The molecule has 3 nitrogen and oxygen atoms in total. The second-order valence-electron chi connectivity index (χ2n) is 4.35. The van der Waals surface area contributed by atoms with E-state index >= 15 is 0 Å². The van der Waals surface area contributed by atoms with Crippen LogP contribution in [0.5, 0.6) is 0 Å². The van der Waals surface area contributed by atoms with Crippen molar-refractivity contribution < 1.29 is 9.18 Å². The molecule has 3 aromatic rings. The quantitative estimate of drug-likeness (QED) is 0.769. The van der Waals surface area contributed by atoms with Crippen LogP contribution < -0.4 is 5.32 Å². The van der Waals surface area contributed by atoms with Crippen molar-refractivity contribution in [2.75, 3.05) is 5.32 Å². The minimum absolute atomic E-state index is 0.208. The third-order valence-corrected chi connectivity index (χ3v) is 2.98. The van der Waals surface area contributed by atoms with Gasteiger partial charge in [0.15, 0.2) is 11.5 Å². The van der Waals surface area contributed by atoms with Crippen LogP contribution >= 0.6 is 0 Å². The Labute approximate surface area is 115 Å². The smallest absolute Gasteiger partial charge is 0.277 e. The van der Waals surface area contributed by atoms with Crippen molar-refractivity contribution in [1.29, 1.82) is 0 Å². The molecule has 0 fully saturated rings. The molecule has 0 radical (unpaired) electrons. The fourth-order valence-corrected chi connectivity index (χ4v) is 2.01. The summed E-state index contributed by atoms with van der Waals surface area (Å²) in [5, 5.41) is 4.73. The highest BCUT2D eigenvalue weighted by Gasteiger charge is 2.12. The molecular formula is C16H11FN2O. The van der Waals surface area contributed by atoms with E-state index in [1.807, 2.05) is 36.4 Å². The van der Waals surface area contributed by atoms with Crippen molar-refractivity contribution in [3.63, 3.8) is 0 Å². The van der Waals surface area contributed by atoms with Crippen LogP contribution in [0.3, 0.4) is 0 Å². The Balaban J connectivity index is 1.89. The third-order valence-electron chi connectivity index (χ3n) is 2.98. The zero-order chi connectivity index (χ0) is 13.9. The number of hydrogen-bond acceptors (Lipinski definition) is 2. The maximum Gasteiger partial charge on any atom is 0.277 e. The number of fused-ring (bicyclic) bond motifs is 1. The second kappa shape index (κ2) is 5.09. The fraction of sp³-hybridized carbons (Fsp3) is 0. The second-order valence-corrected chi connectivity index (χ2v) is 4.35. The summed E-state index contributed by atoms with van der Waals surface area (Å²) >= 11 is 0. The first kappa shape index (κ1) is 12.3. The maximum absolute atomic E-state index is 13.5. The molecule has 1 heterocycles. The first-order valence-corrected chi connectivity index (χ1v) is 6.15. The van der Waals surface area contributed by atoms with Crippen molar-refractivity contribution in [3.05, 3.63) is 72.3 Å². The average molecular weight is 266 g/mol. The normalized spacial score (nSPS) is 10.4. The highest BCUT2D eigenvalue weighted by atomic mass is 19.1. The van der Waals surface area contributed by atoms with Crippen molar-refractivity contribution in [2.45, 2.75) is 0 Å². The van der Waals surface area contributed by atoms with E-state index in [0.717, 1.165) is 10.8 Å². The molecule has 4 heteroatoms. The molecule has 2 aromatic carbocycles. The number of carbonyl (C=O) groups excluding carboxylic acids is 1.